The van der Waals surface area contributed by atoms with Crippen LogP contribution in [-0.2, 0) is 4.79 Å². The largest absolute Gasteiger partial charge is 0.502 e. The van der Waals surface area contributed by atoms with Gasteiger partial charge in [0, 0.05) is 15.6 Å². The van der Waals surface area contributed by atoms with Crippen molar-refractivity contribution in [1.29, 1.82) is 0 Å². The summed E-state index contributed by atoms with van der Waals surface area (Å²) in [5.74, 6) is 0.423. The van der Waals surface area contributed by atoms with Crippen LogP contribution in [0, 0.1) is 0 Å². The van der Waals surface area contributed by atoms with Crippen molar-refractivity contribution in [2.24, 2.45) is 0 Å². The van der Waals surface area contributed by atoms with Crippen LogP contribution in [0.2, 0.25) is 0 Å². The first-order valence-corrected chi connectivity index (χ1v) is 10.6. The molecule has 0 unspecified atom stereocenters. The van der Waals surface area contributed by atoms with E-state index in [2.05, 4.69) is 20.8 Å². The summed E-state index contributed by atoms with van der Waals surface area (Å²) < 4.78 is 10.5. The van der Waals surface area contributed by atoms with Gasteiger partial charge >= 0.3 is 0 Å². The second kappa shape index (κ2) is 8.33. The number of amides is 1. The van der Waals surface area contributed by atoms with Gasteiger partial charge in [-0.3, -0.25) is 9.69 Å². The number of anilines is 1. The van der Waals surface area contributed by atoms with Crippen LogP contribution >= 0.6 is 23.5 Å². The highest BCUT2D eigenvalue weighted by Gasteiger charge is 2.40. The summed E-state index contributed by atoms with van der Waals surface area (Å²) in [6.07, 6.45) is 0. The highest BCUT2D eigenvalue weighted by Crippen LogP contribution is 2.47. The molecule has 0 spiro atoms. The third-order valence-corrected chi connectivity index (χ3v) is 5.92. The lowest BCUT2D eigenvalue weighted by Gasteiger charge is -2.25. The summed E-state index contributed by atoms with van der Waals surface area (Å²) in [6.45, 7) is 12.5. The van der Waals surface area contributed by atoms with Crippen molar-refractivity contribution in [3.8, 4) is 11.5 Å². The van der Waals surface area contributed by atoms with E-state index in [4.69, 9.17) is 9.47 Å². The molecule has 1 aliphatic rings. The number of hydrogen-bond acceptors (Lipinski definition) is 6. The molecule has 154 valence electrons. The number of aliphatic hydroxyl groups excluding tert-OH is 1. The van der Waals surface area contributed by atoms with E-state index < -0.39 is 5.91 Å². The summed E-state index contributed by atoms with van der Waals surface area (Å²) >= 11 is 3.08. The number of nitrogens with zero attached hydrogens (tertiary/aromatic N) is 1. The number of benzene rings is 1. The van der Waals surface area contributed by atoms with E-state index in [1.54, 1.807) is 44.2 Å². The quantitative estimate of drug-likeness (QED) is 0.653. The Labute approximate surface area is 176 Å². The van der Waals surface area contributed by atoms with Crippen LogP contribution in [0.15, 0.2) is 40.0 Å². The molecule has 5 nitrogen and oxygen atoms in total. The Balaban J connectivity index is 2.61. The maximum Gasteiger partial charge on any atom is 0.299 e. The van der Waals surface area contributed by atoms with Crippen molar-refractivity contribution in [2.45, 2.75) is 51.0 Å². The summed E-state index contributed by atoms with van der Waals surface area (Å²) in [4.78, 5) is 15.1. The van der Waals surface area contributed by atoms with E-state index >= 15 is 0 Å². The van der Waals surface area contributed by atoms with Gasteiger partial charge in [0.05, 0.1) is 30.5 Å². The van der Waals surface area contributed by atoms with Crippen LogP contribution in [0.25, 0.3) is 0 Å². The fourth-order valence-electron chi connectivity index (χ4n) is 2.49. The average molecular weight is 424 g/mol. The molecule has 1 aromatic rings. The van der Waals surface area contributed by atoms with Crippen molar-refractivity contribution < 1.29 is 19.4 Å². The van der Waals surface area contributed by atoms with E-state index in [1.165, 1.54) is 16.7 Å². The number of ether oxygens (including phenoxy) is 2. The molecule has 0 saturated carbocycles. The zero-order valence-electron chi connectivity index (χ0n) is 17.7. The predicted molar refractivity (Wildman–Crippen MR) is 119 cm³/mol. The lowest BCUT2D eigenvalue weighted by molar-refractivity contribution is -0.116. The van der Waals surface area contributed by atoms with Crippen LogP contribution in [-0.4, -0.2) is 34.7 Å². The highest BCUT2D eigenvalue weighted by atomic mass is 32.2. The third-order valence-electron chi connectivity index (χ3n) is 3.65. The molecule has 28 heavy (non-hydrogen) atoms. The molecule has 1 aliphatic heterocycles. The summed E-state index contributed by atoms with van der Waals surface area (Å²) in [5.41, 5.74) is 1.22. The van der Waals surface area contributed by atoms with Gasteiger partial charge in [0.2, 0.25) is 0 Å². The summed E-state index contributed by atoms with van der Waals surface area (Å²) in [5, 5.41) is 12.6. The van der Waals surface area contributed by atoms with Crippen LogP contribution < -0.4 is 14.4 Å². The SMILES string of the molecule is COc1ccc(N2C(=O)C(O)=C(SC(C)(C)C)/C2=C/SC(C)(C)C)c(OC)c1. The van der Waals surface area contributed by atoms with Crippen LogP contribution in [0.5, 0.6) is 11.5 Å². The third kappa shape index (κ3) is 5.20. The Kier molecular flexibility index (Phi) is 6.71. The van der Waals surface area contributed by atoms with E-state index in [0.717, 1.165) is 0 Å². The zero-order valence-corrected chi connectivity index (χ0v) is 19.4. The van der Waals surface area contributed by atoms with E-state index in [-0.39, 0.29) is 15.3 Å². The van der Waals surface area contributed by atoms with Gasteiger partial charge in [0.15, 0.2) is 5.76 Å². The molecule has 0 aliphatic carbocycles. The molecule has 7 heteroatoms. The van der Waals surface area contributed by atoms with Gasteiger partial charge in [-0.05, 0) is 17.5 Å². The first kappa shape index (κ1) is 22.6. The molecule has 0 atom stereocenters. The Morgan fingerprint density at radius 3 is 2.18 bits per heavy atom. The van der Waals surface area contributed by atoms with Gasteiger partial charge in [0.25, 0.3) is 5.91 Å². The molecule has 0 aromatic heterocycles. The van der Waals surface area contributed by atoms with E-state index in [9.17, 15) is 9.90 Å². The van der Waals surface area contributed by atoms with E-state index in [1.807, 2.05) is 26.2 Å². The van der Waals surface area contributed by atoms with Gasteiger partial charge < -0.3 is 14.6 Å². The molecular weight excluding hydrogens is 394 g/mol. The molecule has 1 amide bonds. The minimum absolute atomic E-state index is 0.0402. The number of carbonyl (C=O) groups excluding carboxylic acids is 1. The van der Waals surface area contributed by atoms with Crippen molar-refractivity contribution in [2.75, 3.05) is 19.1 Å². The smallest absolute Gasteiger partial charge is 0.299 e. The summed E-state index contributed by atoms with van der Waals surface area (Å²) in [6, 6.07) is 5.26. The number of methoxy groups -OCH3 is 2. The van der Waals surface area contributed by atoms with Crippen LogP contribution in [0.1, 0.15) is 41.5 Å². The average Bonchev–Trinajstić information content (AvgIpc) is 2.81. The Morgan fingerprint density at radius 2 is 1.68 bits per heavy atom. The van der Waals surface area contributed by atoms with Crippen molar-refractivity contribution >= 4 is 35.1 Å². The second-order valence-electron chi connectivity index (χ2n) is 8.30. The van der Waals surface area contributed by atoms with Crippen molar-refractivity contribution in [1.82, 2.24) is 0 Å². The molecule has 1 heterocycles. The molecule has 0 fully saturated rings. The Morgan fingerprint density at radius 1 is 1.04 bits per heavy atom. The maximum absolute atomic E-state index is 13.0. The van der Waals surface area contributed by atoms with Crippen LogP contribution in [0.3, 0.4) is 0 Å². The first-order chi connectivity index (χ1) is 12.9. The van der Waals surface area contributed by atoms with E-state index in [0.29, 0.717) is 27.8 Å². The monoisotopic (exact) mass is 423 g/mol. The van der Waals surface area contributed by atoms with Crippen LogP contribution in [0.4, 0.5) is 5.69 Å². The maximum atomic E-state index is 13.0. The van der Waals surface area contributed by atoms with Gasteiger partial charge in [0.1, 0.15) is 11.5 Å². The fourth-order valence-corrected chi connectivity index (χ4v) is 4.30. The normalized spacial score (nSPS) is 16.9. The van der Waals surface area contributed by atoms with Gasteiger partial charge in [-0.25, -0.2) is 0 Å². The molecular formula is C21H29NO4S2. The number of thioether (sulfide) groups is 2. The topological polar surface area (TPSA) is 59.0 Å². The molecule has 1 N–H and O–H groups in total. The standard InChI is InChI=1S/C21H29NO4S2/c1-20(2,3)27-12-15-18(28-21(4,5)6)17(23)19(24)22(15)14-10-9-13(25-7)11-16(14)26-8/h9-12,23H,1-8H3/b15-12-. The molecule has 0 bridgehead atoms. The number of carbonyl (C=O) groups is 1. The lowest BCUT2D eigenvalue weighted by atomic mass is 10.2. The molecule has 0 radical (unpaired) electrons. The predicted octanol–water partition coefficient (Wildman–Crippen LogP) is 5.72. The number of hydrogen-bond donors (Lipinski definition) is 1. The highest BCUT2D eigenvalue weighted by molar-refractivity contribution is 8.05. The Hall–Kier alpha value is -1.73. The Bertz CT molecular complexity index is 817. The van der Waals surface area contributed by atoms with Crippen molar-refractivity contribution in [3.05, 3.63) is 40.0 Å². The van der Waals surface area contributed by atoms with Gasteiger partial charge in [-0.2, -0.15) is 0 Å². The lowest BCUT2D eigenvalue weighted by Crippen LogP contribution is -2.26. The second-order valence-corrected chi connectivity index (χ2v) is 11.8. The molecule has 1 aromatic carbocycles. The van der Waals surface area contributed by atoms with Crippen molar-refractivity contribution in [3.63, 3.8) is 0 Å². The summed E-state index contributed by atoms with van der Waals surface area (Å²) in [7, 11) is 3.12. The molecule has 2 rings (SSSR count). The first-order valence-electron chi connectivity index (χ1n) is 8.95. The van der Waals surface area contributed by atoms with Gasteiger partial charge in [-0.1, -0.05) is 41.5 Å². The minimum Gasteiger partial charge on any atom is -0.502 e. The fraction of sp³-hybridized carbons (Fsp3) is 0.476. The zero-order chi connectivity index (χ0) is 21.3. The number of rotatable bonds is 5. The minimum atomic E-state index is -0.462. The number of aliphatic hydroxyl groups is 1. The molecule has 0 saturated heterocycles. The van der Waals surface area contributed by atoms with Gasteiger partial charge in [-0.15, -0.1) is 23.5 Å².